The van der Waals surface area contributed by atoms with Crippen molar-refractivity contribution in [1.82, 2.24) is 8.87 Å². The van der Waals surface area contributed by atoms with Crippen molar-refractivity contribution in [2.75, 3.05) is 13.1 Å². The molecule has 2 aromatic carbocycles. The van der Waals surface area contributed by atoms with Gasteiger partial charge in [0.05, 0.1) is 15.1 Å². The second-order valence-corrected chi connectivity index (χ2v) is 11.2. The number of unbranched alkanes of at least 4 members (excludes halogenated alkanes) is 1. The first-order chi connectivity index (χ1) is 15.9. The van der Waals surface area contributed by atoms with E-state index >= 15 is 0 Å². The second kappa shape index (κ2) is 10.2. The fraction of sp³-hybridized carbons (Fsp3) is 0.360. The van der Waals surface area contributed by atoms with Gasteiger partial charge >= 0.3 is 0 Å². The van der Waals surface area contributed by atoms with Gasteiger partial charge in [-0.25, -0.2) is 8.42 Å². The molecule has 2 heterocycles. The third-order valence-electron chi connectivity index (χ3n) is 5.88. The zero-order valence-electron chi connectivity index (χ0n) is 18.9. The average molecular weight is 484 g/mol. The standard InChI is InChI=1S/C25H29N3O3S2/c1-3-5-8-19-9-14-22-23(18-19)32-25(28(22)15-4-2)26-24(29)20-10-12-21(13-11-20)33(30,31)27-16-6-7-17-27/h4,9-14,18H,2-3,5-8,15-17H2,1H3. The number of allylic oxidation sites excluding steroid dienone is 1. The quantitative estimate of drug-likeness (QED) is 0.434. The zero-order chi connectivity index (χ0) is 23.4. The van der Waals surface area contributed by atoms with Crippen molar-refractivity contribution in [2.24, 2.45) is 4.99 Å². The summed E-state index contributed by atoms with van der Waals surface area (Å²) >= 11 is 1.48. The van der Waals surface area contributed by atoms with Crippen molar-refractivity contribution >= 4 is 37.5 Å². The fourth-order valence-electron chi connectivity index (χ4n) is 4.04. The number of carbonyl (C=O) groups excluding carboxylic acids is 1. The monoisotopic (exact) mass is 483 g/mol. The maximum absolute atomic E-state index is 12.9. The Morgan fingerprint density at radius 3 is 2.55 bits per heavy atom. The molecule has 1 aromatic heterocycles. The van der Waals surface area contributed by atoms with Crippen LogP contribution in [0.4, 0.5) is 0 Å². The number of hydrogen-bond acceptors (Lipinski definition) is 4. The minimum Gasteiger partial charge on any atom is -0.312 e. The van der Waals surface area contributed by atoms with Crippen molar-refractivity contribution in [3.8, 4) is 0 Å². The summed E-state index contributed by atoms with van der Waals surface area (Å²) < 4.78 is 30.0. The number of sulfonamides is 1. The van der Waals surface area contributed by atoms with Gasteiger partial charge in [0.25, 0.3) is 5.91 Å². The highest BCUT2D eigenvalue weighted by Crippen LogP contribution is 2.22. The molecule has 0 saturated carbocycles. The largest absolute Gasteiger partial charge is 0.312 e. The van der Waals surface area contributed by atoms with Gasteiger partial charge in [0.2, 0.25) is 10.0 Å². The van der Waals surface area contributed by atoms with E-state index in [0.717, 1.165) is 42.3 Å². The lowest BCUT2D eigenvalue weighted by atomic mass is 10.1. The third-order valence-corrected chi connectivity index (χ3v) is 8.83. The molecule has 3 aromatic rings. The van der Waals surface area contributed by atoms with Crippen LogP contribution in [0, 0.1) is 0 Å². The number of carbonyl (C=O) groups is 1. The average Bonchev–Trinajstić information content (AvgIpc) is 3.47. The summed E-state index contributed by atoms with van der Waals surface area (Å²) in [4.78, 5) is 18.1. The summed E-state index contributed by atoms with van der Waals surface area (Å²) in [6.45, 7) is 7.67. The van der Waals surface area contributed by atoms with Gasteiger partial charge in [-0.2, -0.15) is 9.30 Å². The Hall–Kier alpha value is -2.55. The topological polar surface area (TPSA) is 71.7 Å². The van der Waals surface area contributed by atoms with Gasteiger partial charge in [-0.05, 0) is 67.6 Å². The fourth-order valence-corrected chi connectivity index (χ4v) is 6.66. The molecule has 174 valence electrons. The van der Waals surface area contributed by atoms with E-state index in [4.69, 9.17) is 0 Å². The maximum atomic E-state index is 12.9. The van der Waals surface area contributed by atoms with E-state index in [1.54, 1.807) is 18.2 Å². The first-order valence-corrected chi connectivity index (χ1v) is 13.6. The number of hydrogen-bond donors (Lipinski definition) is 0. The smallest absolute Gasteiger partial charge is 0.279 e. The minimum absolute atomic E-state index is 0.212. The van der Waals surface area contributed by atoms with Crippen molar-refractivity contribution in [2.45, 2.75) is 50.5 Å². The van der Waals surface area contributed by atoms with E-state index in [9.17, 15) is 13.2 Å². The highest BCUT2D eigenvalue weighted by atomic mass is 32.2. The number of rotatable bonds is 8. The van der Waals surface area contributed by atoms with Gasteiger partial charge in [0, 0.05) is 25.2 Å². The van der Waals surface area contributed by atoms with E-state index in [1.807, 2.05) is 4.57 Å². The summed E-state index contributed by atoms with van der Waals surface area (Å²) in [7, 11) is -3.50. The molecular weight excluding hydrogens is 454 g/mol. The van der Waals surface area contributed by atoms with E-state index < -0.39 is 15.9 Å². The van der Waals surface area contributed by atoms with Crippen LogP contribution in [0.15, 0.2) is 65.0 Å². The van der Waals surface area contributed by atoms with Crippen LogP contribution in [0.3, 0.4) is 0 Å². The van der Waals surface area contributed by atoms with Crippen LogP contribution < -0.4 is 4.80 Å². The van der Waals surface area contributed by atoms with Gasteiger partial charge < -0.3 is 4.57 Å². The summed E-state index contributed by atoms with van der Waals surface area (Å²) in [5, 5.41) is 0. The number of amides is 1. The predicted octanol–water partition coefficient (Wildman–Crippen LogP) is 4.76. The van der Waals surface area contributed by atoms with Crippen LogP contribution in [0.25, 0.3) is 10.2 Å². The van der Waals surface area contributed by atoms with Crippen LogP contribution in [0.5, 0.6) is 0 Å². The van der Waals surface area contributed by atoms with Gasteiger partial charge in [-0.15, -0.1) is 6.58 Å². The van der Waals surface area contributed by atoms with Crippen LogP contribution in [-0.2, 0) is 23.0 Å². The number of fused-ring (bicyclic) bond motifs is 1. The molecule has 0 N–H and O–H groups in total. The second-order valence-electron chi connectivity index (χ2n) is 8.24. The molecule has 0 unspecified atom stereocenters. The SMILES string of the molecule is C=CCn1c(=NC(=O)c2ccc(S(=O)(=O)N3CCCC3)cc2)sc2cc(CCCC)ccc21. The Kier molecular flexibility index (Phi) is 7.26. The van der Waals surface area contributed by atoms with Crippen LogP contribution in [0.1, 0.15) is 48.5 Å². The molecule has 1 amide bonds. The molecule has 0 spiro atoms. The van der Waals surface area contributed by atoms with E-state index in [-0.39, 0.29) is 4.90 Å². The lowest BCUT2D eigenvalue weighted by Gasteiger charge is -2.15. The summed E-state index contributed by atoms with van der Waals surface area (Å²) in [5.74, 6) is -0.393. The normalized spacial score (nSPS) is 15.4. The molecule has 1 aliphatic heterocycles. The Morgan fingerprint density at radius 2 is 1.88 bits per heavy atom. The molecule has 1 aliphatic rings. The Bertz CT molecular complexity index is 1330. The van der Waals surface area contributed by atoms with Crippen LogP contribution >= 0.6 is 11.3 Å². The Labute approximate surface area is 199 Å². The molecule has 6 nitrogen and oxygen atoms in total. The molecule has 0 atom stereocenters. The third kappa shape index (κ3) is 5.03. The zero-order valence-corrected chi connectivity index (χ0v) is 20.5. The minimum atomic E-state index is -3.50. The van der Waals surface area contributed by atoms with Gasteiger partial charge in [-0.3, -0.25) is 4.79 Å². The van der Waals surface area contributed by atoms with Gasteiger partial charge in [0.15, 0.2) is 4.80 Å². The highest BCUT2D eigenvalue weighted by Gasteiger charge is 2.27. The molecule has 0 aliphatic carbocycles. The number of thiazole rings is 1. The number of benzene rings is 2. The summed E-state index contributed by atoms with van der Waals surface area (Å²) in [6, 6.07) is 12.5. The van der Waals surface area contributed by atoms with Crippen molar-refractivity contribution in [3.63, 3.8) is 0 Å². The van der Waals surface area contributed by atoms with Crippen molar-refractivity contribution < 1.29 is 13.2 Å². The van der Waals surface area contributed by atoms with Crippen molar-refractivity contribution in [1.29, 1.82) is 0 Å². The molecule has 1 fully saturated rings. The van der Waals surface area contributed by atoms with E-state index in [0.29, 0.717) is 30.0 Å². The molecule has 0 radical (unpaired) electrons. The lowest BCUT2D eigenvalue weighted by Crippen LogP contribution is -2.27. The Balaban J connectivity index is 1.65. The van der Waals surface area contributed by atoms with Crippen LogP contribution in [0.2, 0.25) is 0 Å². The Morgan fingerprint density at radius 1 is 1.15 bits per heavy atom. The first kappa shape index (κ1) is 23.6. The highest BCUT2D eigenvalue weighted by molar-refractivity contribution is 7.89. The van der Waals surface area contributed by atoms with Crippen molar-refractivity contribution in [3.05, 3.63) is 71.0 Å². The van der Waals surface area contributed by atoms with Crippen LogP contribution in [-0.4, -0.2) is 36.3 Å². The summed E-state index contributed by atoms with van der Waals surface area (Å²) in [5.41, 5.74) is 2.67. The lowest BCUT2D eigenvalue weighted by molar-refractivity contribution is 0.0997. The predicted molar refractivity (Wildman–Crippen MR) is 133 cm³/mol. The maximum Gasteiger partial charge on any atom is 0.279 e. The van der Waals surface area contributed by atoms with Gasteiger partial charge in [-0.1, -0.05) is 36.8 Å². The van der Waals surface area contributed by atoms with E-state index in [1.165, 1.54) is 33.3 Å². The summed E-state index contributed by atoms with van der Waals surface area (Å²) in [6.07, 6.45) is 6.88. The number of aryl methyl sites for hydroxylation is 1. The van der Waals surface area contributed by atoms with Gasteiger partial charge in [0.1, 0.15) is 0 Å². The van der Waals surface area contributed by atoms with E-state index in [2.05, 4.69) is 36.7 Å². The molecular formula is C25H29N3O3S2. The molecule has 4 rings (SSSR count). The molecule has 33 heavy (non-hydrogen) atoms. The number of aromatic nitrogens is 1. The molecule has 0 bridgehead atoms. The molecule has 1 saturated heterocycles. The first-order valence-electron chi connectivity index (χ1n) is 11.4. The number of nitrogens with zero attached hydrogens (tertiary/aromatic N) is 3. The molecule has 8 heteroatoms.